The summed E-state index contributed by atoms with van der Waals surface area (Å²) in [6.45, 7) is 9.43. The number of fused-ring (bicyclic) bond motifs is 2. The van der Waals surface area contributed by atoms with Crippen LogP contribution in [0.15, 0.2) is 6.20 Å². The van der Waals surface area contributed by atoms with Gasteiger partial charge < -0.3 is 44.0 Å². The number of aromatic nitrogens is 3. The smallest absolute Gasteiger partial charge is 0.220 e. The molecule has 13 nitrogen and oxygen atoms in total. The number of carbonyl (C=O) groups is 1. The Bertz CT molecular complexity index is 860. The van der Waals surface area contributed by atoms with E-state index in [4.69, 9.17) is 28.4 Å². The van der Waals surface area contributed by atoms with E-state index in [-0.39, 0.29) is 25.0 Å². The Kier molecular flexibility index (Phi) is 15.5. The van der Waals surface area contributed by atoms with Gasteiger partial charge in [0.15, 0.2) is 6.29 Å². The Labute approximate surface area is 243 Å². The summed E-state index contributed by atoms with van der Waals surface area (Å²) in [6.07, 6.45) is 5.41. The molecule has 5 atom stereocenters. The van der Waals surface area contributed by atoms with E-state index >= 15 is 0 Å². The van der Waals surface area contributed by atoms with E-state index in [9.17, 15) is 15.0 Å². The van der Waals surface area contributed by atoms with Crippen LogP contribution in [0.25, 0.3) is 0 Å². The zero-order chi connectivity index (χ0) is 29.3. The Balaban J connectivity index is 1.09. The molecule has 0 saturated carbocycles. The maximum Gasteiger partial charge on any atom is 0.220 e. The highest BCUT2D eigenvalue weighted by Gasteiger charge is 2.58. The molecule has 2 fully saturated rings. The van der Waals surface area contributed by atoms with Crippen molar-refractivity contribution >= 4 is 5.91 Å². The number of amides is 1. The number of aliphatic hydroxyl groups excluding tert-OH is 2. The van der Waals surface area contributed by atoms with Gasteiger partial charge in [0.1, 0.15) is 17.4 Å². The summed E-state index contributed by atoms with van der Waals surface area (Å²) >= 11 is 0. The lowest BCUT2D eigenvalue weighted by atomic mass is 9.85. The third kappa shape index (κ3) is 11.5. The van der Waals surface area contributed by atoms with Crippen molar-refractivity contribution in [2.24, 2.45) is 5.92 Å². The standard InChI is InChI=1S/C28H50N4O9/c1-3-4-5-9-24(33)29-10-17-38-15-7-13-36-11-6-12-37-14-8-16-39-19-23-18-32(31-30-23)20-28-21-40-27(41-28)22(2)25(34)26(28)35/h18,22,25-27,34-35H,3-17,19-21H2,1-2H3,(H,29,33)/t22-,25-,26-,27+,28+/m1/s1. The van der Waals surface area contributed by atoms with Crippen molar-refractivity contribution in [3.05, 3.63) is 11.9 Å². The molecular weight excluding hydrogens is 536 g/mol. The fraction of sp³-hybridized carbons (Fsp3) is 0.893. The van der Waals surface area contributed by atoms with Crippen LogP contribution in [0.5, 0.6) is 0 Å². The van der Waals surface area contributed by atoms with Gasteiger partial charge in [0.05, 0.1) is 38.7 Å². The molecule has 0 radical (unpaired) electrons. The van der Waals surface area contributed by atoms with Gasteiger partial charge in [-0.15, -0.1) is 5.10 Å². The maximum absolute atomic E-state index is 11.6. The van der Waals surface area contributed by atoms with Crippen molar-refractivity contribution in [2.45, 2.75) is 96.0 Å². The van der Waals surface area contributed by atoms with Gasteiger partial charge in [0, 0.05) is 58.5 Å². The summed E-state index contributed by atoms with van der Waals surface area (Å²) in [7, 11) is 0. The zero-order valence-electron chi connectivity index (χ0n) is 24.7. The molecule has 0 aromatic carbocycles. The van der Waals surface area contributed by atoms with Crippen LogP contribution in [0.1, 0.15) is 64.5 Å². The van der Waals surface area contributed by atoms with Gasteiger partial charge in [-0.1, -0.05) is 31.9 Å². The molecule has 2 aliphatic heterocycles. The molecule has 236 valence electrons. The molecule has 41 heavy (non-hydrogen) atoms. The van der Waals surface area contributed by atoms with Gasteiger partial charge in [-0.3, -0.25) is 4.79 Å². The van der Waals surface area contributed by atoms with Gasteiger partial charge in [-0.25, -0.2) is 4.68 Å². The molecule has 2 aliphatic rings. The number of hydrogen-bond donors (Lipinski definition) is 3. The number of carbonyl (C=O) groups excluding carboxylic acids is 1. The Morgan fingerprint density at radius 2 is 1.68 bits per heavy atom. The molecule has 1 aromatic heterocycles. The van der Waals surface area contributed by atoms with Crippen molar-refractivity contribution < 1.29 is 43.4 Å². The number of rotatable bonds is 23. The second kappa shape index (κ2) is 18.7. The van der Waals surface area contributed by atoms with Crippen LogP contribution < -0.4 is 5.32 Å². The van der Waals surface area contributed by atoms with Crippen LogP contribution in [0.4, 0.5) is 0 Å². The molecule has 1 aromatic rings. The van der Waals surface area contributed by atoms with Crippen molar-refractivity contribution in [3.63, 3.8) is 0 Å². The van der Waals surface area contributed by atoms with Crippen LogP contribution >= 0.6 is 0 Å². The fourth-order valence-electron chi connectivity index (χ4n) is 4.79. The van der Waals surface area contributed by atoms with Gasteiger partial charge in [0.2, 0.25) is 5.91 Å². The molecule has 1 amide bonds. The third-order valence-corrected chi connectivity index (χ3v) is 7.25. The first kappa shape index (κ1) is 33.8. The topological polar surface area (TPSA) is 156 Å². The van der Waals surface area contributed by atoms with Crippen LogP contribution in [-0.4, -0.2) is 115 Å². The molecule has 3 heterocycles. The van der Waals surface area contributed by atoms with E-state index in [0.717, 1.165) is 38.5 Å². The summed E-state index contributed by atoms with van der Waals surface area (Å²) < 4.78 is 35.6. The highest BCUT2D eigenvalue weighted by Crippen LogP contribution is 2.40. The predicted molar refractivity (Wildman–Crippen MR) is 148 cm³/mol. The minimum Gasteiger partial charge on any atom is -0.390 e. The second-order valence-electron chi connectivity index (χ2n) is 10.8. The highest BCUT2D eigenvalue weighted by atomic mass is 16.7. The number of unbranched alkanes of at least 4 members (excludes halogenated alkanes) is 2. The van der Waals surface area contributed by atoms with Gasteiger partial charge in [-0.2, -0.15) is 0 Å². The first-order valence-corrected chi connectivity index (χ1v) is 15.1. The summed E-state index contributed by atoms with van der Waals surface area (Å²) in [5.41, 5.74) is -0.364. The molecule has 13 heteroatoms. The quantitative estimate of drug-likeness (QED) is 0.158. The van der Waals surface area contributed by atoms with Crippen molar-refractivity contribution in [2.75, 3.05) is 59.4 Å². The largest absolute Gasteiger partial charge is 0.390 e. The van der Waals surface area contributed by atoms with Crippen LogP contribution in [0.3, 0.4) is 0 Å². The fourth-order valence-corrected chi connectivity index (χ4v) is 4.79. The van der Waals surface area contributed by atoms with Crippen LogP contribution in [-0.2, 0) is 46.4 Å². The Morgan fingerprint density at radius 1 is 1.02 bits per heavy atom. The summed E-state index contributed by atoms with van der Waals surface area (Å²) in [5, 5.41) is 32.0. The van der Waals surface area contributed by atoms with Gasteiger partial charge in [0.25, 0.3) is 0 Å². The molecule has 2 bridgehead atoms. The molecule has 0 aliphatic carbocycles. The van der Waals surface area contributed by atoms with Gasteiger partial charge in [-0.05, 0) is 25.7 Å². The third-order valence-electron chi connectivity index (χ3n) is 7.25. The predicted octanol–water partition coefficient (Wildman–Crippen LogP) is 1.19. The van der Waals surface area contributed by atoms with Gasteiger partial charge >= 0.3 is 0 Å². The van der Waals surface area contributed by atoms with E-state index in [1.807, 2.05) is 0 Å². The van der Waals surface area contributed by atoms with E-state index in [0.29, 0.717) is 71.5 Å². The maximum atomic E-state index is 11.6. The van der Waals surface area contributed by atoms with E-state index in [1.54, 1.807) is 17.8 Å². The SMILES string of the molecule is CCCCCC(=O)NCCOCCCOCCCOCCCOCc1cn(C[C@@]23CO[C@@H](O2)[C@H](C)[C@@H](O)[C@H]3O)nn1. The molecule has 2 saturated heterocycles. The zero-order valence-corrected chi connectivity index (χ0v) is 24.7. The molecule has 3 N–H and O–H groups in total. The van der Waals surface area contributed by atoms with Crippen molar-refractivity contribution in [1.82, 2.24) is 20.3 Å². The lowest BCUT2D eigenvalue weighted by molar-refractivity contribution is -0.240. The van der Waals surface area contributed by atoms with Crippen LogP contribution in [0, 0.1) is 5.92 Å². The van der Waals surface area contributed by atoms with Crippen molar-refractivity contribution in [3.8, 4) is 0 Å². The lowest BCUT2D eigenvalue weighted by Crippen LogP contribution is -2.59. The summed E-state index contributed by atoms with van der Waals surface area (Å²) in [6, 6.07) is 0. The average Bonchev–Trinajstić information content (AvgIpc) is 3.59. The number of ether oxygens (including phenoxy) is 6. The molecule has 3 rings (SSSR count). The number of nitrogens with zero attached hydrogens (tertiary/aromatic N) is 3. The Morgan fingerprint density at radius 3 is 2.37 bits per heavy atom. The van der Waals surface area contributed by atoms with E-state index in [2.05, 4.69) is 22.6 Å². The first-order chi connectivity index (χ1) is 19.9. The van der Waals surface area contributed by atoms with E-state index < -0.39 is 24.1 Å². The summed E-state index contributed by atoms with van der Waals surface area (Å²) in [4.78, 5) is 11.6. The minimum atomic E-state index is -1.07. The molecule has 0 unspecified atom stereocenters. The first-order valence-electron chi connectivity index (χ1n) is 15.1. The number of hydrogen-bond acceptors (Lipinski definition) is 11. The molecule has 0 spiro atoms. The average molecular weight is 587 g/mol. The lowest BCUT2D eigenvalue weighted by Gasteiger charge is -2.41. The van der Waals surface area contributed by atoms with E-state index in [1.165, 1.54) is 0 Å². The normalized spacial score (nSPS) is 25.6. The van der Waals surface area contributed by atoms with Crippen molar-refractivity contribution in [1.29, 1.82) is 0 Å². The monoisotopic (exact) mass is 586 g/mol. The van der Waals surface area contributed by atoms with Crippen LogP contribution in [0.2, 0.25) is 0 Å². The number of aliphatic hydroxyl groups is 2. The Hall–Kier alpha value is -1.71. The molecular formula is C28H50N4O9. The summed E-state index contributed by atoms with van der Waals surface area (Å²) in [5.74, 6) is -0.197. The second-order valence-corrected chi connectivity index (χ2v) is 10.8. The minimum absolute atomic E-state index is 0.102. The number of nitrogens with one attached hydrogen (secondary N) is 1. The highest BCUT2D eigenvalue weighted by molar-refractivity contribution is 5.75.